The minimum atomic E-state index is -0.317. The second-order valence-corrected chi connectivity index (χ2v) is 7.30. The van der Waals surface area contributed by atoms with E-state index in [9.17, 15) is 9.59 Å². The summed E-state index contributed by atoms with van der Waals surface area (Å²) in [6, 6.07) is 9.46. The number of anilines is 1. The molecule has 2 amide bonds. The van der Waals surface area contributed by atoms with Crippen molar-refractivity contribution in [2.75, 3.05) is 25.6 Å². The number of thiophene rings is 1. The molecule has 0 N–H and O–H groups in total. The van der Waals surface area contributed by atoms with E-state index in [0.29, 0.717) is 18.8 Å². The highest BCUT2D eigenvalue weighted by molar-refractivity contribution is 7.10. The number of hydrogen-bond donors (Lipinski definition) is 0. The van der Waals surface area contributed by atoms with Crippen LogP contribution in [0.1, 0.15) is 16.9 Å². The number of rotatable bonds is 5. The Morgan fingerprint density at radius 2 is 2.12 bits per heavy atom. The predicted molar refractivity (Wildman–Crippen MR) is 99.0 cm³/mol. The molecule has 1 aliphatic heterocycles. The monoisotopic (exact) mass is 358 g/mol. The lowest BCUT2D eigenvalue weighted by molar-refractivity contribution is -0.135. The first-order chi connectivity index (χ1) is 12.0. The first-order valence-corrected chi connectivity index (χ1v) is 9.10. The molecule has 0 unspecified atom stereocenters. The van der Waals surface area contributed by atoms with E-state index in [1.807, 2.05) is 36.6 Å². The van der Waals surface area contributed by atoms with E-state index < -0.39 is 0 Å². The molecule has 1 saturated heterocycles. The molecule has 6 heteroatoms. The number of hydrogen-bond acceptors (Lipinski definition) is 4. The minimum Gasteiger partial charge on any atom is -0.495 e. The Morgan fingerprint density at radius 3 is 2.80 bits per heavy atom. The van der Waals surface area contributed by atoms with E-state index in [2.05, 4.69) is 6.07 Å². The van der Waals surface area contributed by atoms with Gasteiger partial charge in [-0.25, -0.2) is 0 Å². The molecular formula is C19H22N2O3S. The van der Waals surface area contributed by atoms with Gasteiger partial charge in [-0.05, 0) is 36.1 Å². The molecule has 1 aromatic heterocycles. The maximum Gasteiger partial charge on any atom is 0.228 e. The topological polar surface area (TPSA) is 49.9 Å². The van der Waals surface area contributed by atoms with Crippen LogP contribution in [0.3, 0.4) is 0 Å². The van der Waals surface area contributed by atoms with Gasteiger partial charge in [-0.3, -0.25) is 9.59 Å². The Kier molecular flexibility index (Phi) is 5.08. The highest BCUT2D eigenvalue weighted by Gasteiger charge is 2.37. The van der Waals surface area contributed by atoms with E-state index in [0.717, 1.165) is 5.69 Å². The smallest absolute Gasteiger partial charge is 0.228 e. The fourth-order valence-corrected chi connectivity index (χ4v) is 4.09. The maximum atomic E-state index is 12.8. The molecule has 1 aliphatic rings. The lowest BCUT2D eigenvalue weighted by atomic mass is 10.1. The molecule has 3 rings (SSSR count). The molecule has 0 spiro atoms. The Hall–Kier alpha value is -2.34. The Labute approximate surface area is 151 Å². The molecule has 1 atom stereocenters. The van der Waals surface area contributed by atoms with Gasteiger partial charge in [0.1, 0.15) is 5.75 Å². The summed E-state index contributed by atoms with van der Waals surface area (Å²) in [6.45, 7) is 3.03. The van der Waals surface area contributed by atoms with Crippen LogP contribution in [-0.4, -0.2) is 37.4 Å². The van der Waals surface area contributed by atoms with Crippen molar-refractivity contribution in [2.45, 2.75) is 19.9 Å². The second kappa shape index (κ2) is 7.27. The molecule has 1 aromatic carbocycles. The molecule has 0 aliphatic carbocycles. The van der Waals surface area contributed by atoms with Crippen molar-refractivity contribution >= 4 is 28.8 Å². The highest BCUT2D eigenvalue weighted by Crippen LogP contribution is 2.33. The molecule has 2 aromatic rings. The van der Waals surface area contributed by atoms with Crippen LogP contribution >= 0.6 is 11.3 Å². The minimum absolute atomic E-state index is 0.0125. The number of amides is 2. The van der Waals surface area contributed by atoms with Crippen LogP contribution in [0.25, 0.3) is 0 Å². The first kappa shape index (κ1) is 17.5. The van der Waals surface area contributed by atoms with Crippen LogP contribution in [0, 0.1) is 12.8 Å². The number of benzene rings is 1. The number of methoxy groups -OCH3 is 1. The lowest BCUT2D eigenvalue weighted by Crippen LogP contribution is -2.34. The summed E-state index contributed by atoms with van der Waals surface area (Å²) >= 11 is 1.65. The summed E-state index contributed by atoms with van der Waals surface area (Å²) in [4.78, 5) is 29.8. The summed E-state index contributed by atoms with van der Waals surface area (Å²) in [7, 11) is 3.39. The van der Waals surface area contributed by atoms with Crippen molar-refractivity contribution in [1.82, 2.24) is 4.90 Å². The molecule has 0 bridgehead atoms. The molecule has 5 nitrogen and oxygen atoms in total. The van der Waals surface area contributed by atoms with Crippen molar-refractivity contribution in [1.29, 1.82) is 0 Å². The van der Waals surface area contributed by atoms with Crippen molar-refractivity contribution in [3.8, 4) is 5.75 Å². The van der Waals surface area contributed by atoms with Crippen LogP contribution < -0.4 is 9.64 Å². The SMILES string of the molecule is COc1ccccc1N1C[C@H](C(=O)N(C)Cc2sccc2C)CC1=O. The van der Waals surface area contributed by atoms with Gasteiger partial charge in [0.05, 0.1) is 25.3 Å². The van der Waals surface area contributed by atoms with Crippen molar-refractivity contribution < 1.29 is 14.3 Å². The fourth-order valence-electron chi connectivity index (χ4n) is 3.13. The summed E-state index contributed by atoms with van der Waals surface area (Å²) in [5, 5.41) is 2.03. The maximum absolute atomic E-state index is 12.8. The zero-order chi connectivity index (χ0) is 18.0. The molecule has 0 saturated carbocycles. The van der Waals surface area contributed by atoms with E-state index in [-0.39, 0.29) is 24.2 Å². The fraction of sp³-hybridized carbons (Fsp3) is 0.368. The second-order valence-electron chi connectivity index (χ2n) is 6.30. The van der Waals surface area contributed by atoms with E-state index in [1.54, 1.807) is 35.3 Å². The third kappa shape index (κ3) is 3.54. The van der Waals surface area contributed by atoms with Gasteiger partial charge in [0, 0.05) is 24.9 Å². The summed E-state index contributed by atoms with van der Waals surface area (Å²) in [5.41, 5.74) is 1.92. The quantitative estimate of drug-likeness (QED) is 0.825. The van der Waals surface area contributed by atoms with Gasteiger partial charge in [0.15, 0.2) is 0 Å². The predicted octanol–water partition coefficient (Wildman–Crippen LogP) is 3.08. The van der Waals surface area contributed by atoms with Gasteiger partial charge in [-0.2, -0.15) is 0 Å². The Bertz CT molecular complexity index is 786. The van der Waals surface area contributed by atoms with Crippen molar-refractivity contribution in [3.05, 3.63) is 46.2 Å². The highest BCUT2D eigenvalue weighted by atomic mass is 32.1. The molecule has 1 fully saturated rings. The molecule has 2 heterocycles. The van der Waals surface area contributed by atoms with Gasteiger partial charge in [-0.1, -0.05) is 12.1 Å². The first-order valence-electron chi connectivity index (χ1n) is 8.22. The molecule has 0 radical (unpaired) electrons. The van der Waals surface area contributed by atoms with Crippen LogP contribution in [-0.2, 0) is 16.1 Å². The number of para-hydroxylation sites is 2. The zero-order valence-electron chi connectivity index (χ0n) is 14.7. The molecule has 25 heavy (non-hydrogen) atoms. The summed E-state index contributed by atoms with van der Waals surface area (Å²) in [6.07, 6.45) is 0.241. The number of carbonyl (C=O) groups excluding carboxylic acids is 2. The van der Waals surface area contributed by atoms with E-state index >= 15 is 0 Å². The average Bonchev–Trinajstić information content (AvgIpc) is 3.20. The normalized spacial score (nSPS) is 17.0. The number of nitrogens with zero attached hydrogens (tertiary/aromatic N) is 2. The van der Waals surface area contributed by atoms with Crippen LogP contribution in [0.5, 0.6) is 5.75 Å². The van der Waals surface area contributed by atoms with Gasteiger partial charge >= 0.3 is 0 Å². The van der Waals surface area contributed by atoms with E-state index in [4.69, 9.17) is 4.74 Å². The van der Waals surface area contributed by atoms with Crippen LogP contribution in [0.4, 0.5) is 5.69 Å². The largest absolute Gasteiger partial charge is 0.495 e. The lowest BCUT2D eigenvalue weighted by Gasteiger charge is -2.22. The number of ether oxygens (including phenoxy) is 1. The molecular weight excluding hydrogens is 336 g/mol. The average molecular weight is 358 g/mol. The zero-order valence-corrected chi connectivity index (χ0v) is 15.5. The number of aryl methyl sites for hydroxylation is 1. The van der Waals surface area contributed by atoms with Crippen molar-refractivity contribution in [3.63, 3.8) is 0 Å². The molecule has 132 valence electrons. The van der Waals surface area contributed by atoms with Crippen LogP contribution in [0.15, 0.2) is 35.7 Å². The summed E-state index contributed by atoms with van der Waals surface area (Å²) in [5.74, 6) is 0.302. The van der Waals surface area contributed by atoms with Gasteiger partial charge in [-0.15, -0.1) is 11.3 Å². The standard InChI is InChI=1S/C19H22N2O3S/c1-13-8-9-25-17(13)12-20(2)19(23)14-10-18(22)21(11-14)15-6-4-5-7-16(15)24-3/h4-9,14H,10-12H2,1-3H3/t14-/m1/s1. The van der Waals surface area contributed by atoms with Crippen molar-refractivity contribution in [2.24, 2.45) is 5.92 Å². The third-order valence-corrected chi connectivity index (χ3v) is 5.58. The van der Waals surface area contributed by atoms with Gasteiger partial charge < -0.3 is 14.5 Å². The third-order valence-electron chi connectivity index (χ3n) is 4.58. The Balaban J connectivity index is 1.71. The van der Waals surface area contributed by atoms with Gasteiger partial charge in [0.25, 0.3) is 0 Å². The number of carbonyl (C=O) groups is 2. The van der Waals surface area contributed by atoms with Crippen LogP contribution in [0.2, 0.25) is 0 Å². The van der Waals surface area contributed by atoms with Gasteiger partial charge in [0.2, 0.25) is 11.8 Å². The summed E-state index contributed by atoms with van der Waals surface area (Å²) < 4.78 is 5.34. The van der Waals surface area contributed by atoms with E-state index in [1.165, 1.54) is 10.4 Å². The Morgan fingerprint density at radius 1 is 1.36 bits per heavy atom.